The number of thiazole rings is 1. The molecule has 1 aromatic carbocycles. The molecule has 1 aromatic heterocycles. The first kappa shape index (κ1) is 12.5. The number of halogens is 1. The summed E-state index contributed by atoms with van der Waals surface area (Å²) in [4.78, 5) is 15.8. The van der Waals surface area contributed by atoms with E-state index in [-0.39, 0.29) is 11.3 Å². The largest absolute Gasteiger partial charge is 0.507 e. The van der Waals surface area contributed by atoms with Gasteiger partial charge in [0.15, 0.2) is 0 Å². The maximum atomic E-state index is 13.4. The number of hydrogen-bond acceptors (Lipinski definition) is 4. The second kappa shape index (κ2) is 5.59. The van der Waals surface area contributed by atoms with E-state index in [1.54, 1.807) is 6.20 Å². The third-order valence-electron chi connectivity index (χ3n) is 2.33. The van der Waals surface area contributed by atoms with Crippen molar-refractivity contribution in [2.45, 2.75) is 6.42 Å². The molecule has 0 radical (unpaired) electrons. The van der Waals surface area contributed by atoms with Gasteiger partial charge in [0, 0.05) is 24.5 Å². The van der Waals surface area contributed by atoms with Crippen LogP contribution in [0.1, 0.15) is 15.4 Å². The van der Waals surface area contributed by atoms with Crippen molar-refractivity contribution < 1.29 is 14.3 Å². The second-order valence-corrected chi connectivity index (χ2v) is 4.54. The van der Waals surface area contributed by atoms with Crippen molar-refractivity contribution in [2.75, 3.05) is 6.54 Å². The van der Waals surface area contributed by atoms with Crippen LogP contribution in [0.15, 0.2) is 29.8 Å². The van der Waals surface area contributed by atoms with Crippen molar-refractivity contribution in [1.29, 1.82) is 0 Å². The number of nitrogens with zero attached hydrogens (tertiary/aromatic N) is 1. The minimum Gasteiger partial charge on any atom is -0.507 e. The highest BCUT2D eigenvalue weighted by Gasteiger charge is 2.15. The molecule has 1 amide bonds. The van der Waals surface area contributed by atoms with Crippen LogP contribution in [0.2, 0.25) is 0 Å². The normalized spacial score (nSPS) is 10.3. The molecule has 0 bridgehead atoms. The molecule has 0 fully saturated rings. The Morgan fingerprint density at radius 2 is 2.33 bits per heavy atom. The Kier molecular flexibility index (Phi) is 3.88. The molecule has 0 saturated heterocycles. The Morgan fingerprint density at radius 1 is 1.50 bits per heavy atom. The molecule has 0 aliphatic carbocycles. The molecule has 1 heterocycles. The molecular weight excluding hydrogens is 255 g/mol. The van der Waals surface area contributed by atoms with Crippen LogP contribution in [0.4, 0.5) is 4.39 Å². The molecule has 0 aliphatic heterocycles. The predicted molar refractivity (Wildman–Crippen MR) is 66.2 cm³/mol. The van der Waals surface area contributed by atoms with Crippen LogP contribution < -0.4 is 5.32 Å². The lowest BCUT2D eigenvalue weighted by Gasteiger charge is -2.06. The molecule has 0 saturated carbocycles. The number of aromatic nitrogens is 1. The molecule has 0 atom stereocenters. The van der Waals surface area contributed by atoms with Gasteiger partial charge in [-0.05, 0) is 12.1 Å². The first-order valence-corrected chi connectivity index (χ1v) is 6.20. The van der Waals surface area contributed by atoms with Crippen molar-refractivity contribution in [3.63, 3.8) is 0 Å². The molecule has 18 heavy (non-hydrogen) atoms. The van der Waals surface area contributed by atoms with Gasteiger partial charge >= 0.3 is 0 Å². The Labute approximate surface area is 107 Å². The molecular formula is C12H11FN2O2S. The van der Waals surface area contributed by atoms with Crippen molar-refractivity contribution >= 4 is 17.2 Å². The molecule has 2 rings (SSSR count). The van der Waals surface area contributed by atoms with E-state index in [9.17, 15) is 14.3 Å². The number of carbonyl (C=O) groups excluding carboxylic acids is 1. The van der Waals surface area contributed by atoms with Gasteiger partial charge in [-0.1, -0.05) is 6.07 Å². The summed E-state index contributed by atoms with van der Waals surface area (Å²) in [5.41, 5.74) is -0.323. The smallest absolute Gasteiger partial charge is 0.258 e. The lowest BCUT2D eigenvalue weighted by Crippen LogP contribution is -2.26. The maximum absolute atomic E-state index is 13.4. The summed E-state index contributed by atoms with van der Waals surface area (Å²) in [6.07, 6.45) is 2.27. The third kappa shape index (κ3) is 2.84. The molecule has 0 aliphatic rings. The number of nitrogens with one attached hydrogen (secondary N) is 1. The standard InChI is InChI=1S/C12H11FN2O2S/c13-8-2-1-3-9(16)11(8)12(17)15-5-4-10-14-6-7-18-10/h1-3,6-7,16H,4-5H2,(H,15,17). The minimum absolute atomic E-state index is 0.323. The molecule has 2 N–H and O–H groups in total. The molecule has 2 aromatic rings. The molecule has 0 unspecified atom stereocenters. The maximum Gasteiger partial charge on any atom is 0.258 e. The first-order chi connectivity index (χ1) is 8.68. The fourth-order valence-electron chi connectivity index (χ4n) is 1.49. The molecule has 6 heteroatoms. The molecule has 4 nitrogen and oxygen atoms in total. The van der Waals surface area contributed by atoms with Crippen LogP contribution in [0.3, 0.4) is 0 Å². The van der Waals surface area contributed by atoms with Gasteiger partial charge in [0.2, 0.25) is 0 Å². The van der Waals surface area contributed by atoms with E-state index in [4.69, 9.17) is 0 Å². The monoisotopic (exact) mass is 266 g/mol. The minimum atomic E-state index is -0.734. The summed E-state index contributed by atoms with van der Waals surface area (Å²) in [5, 5.41) is 14.7. The summed E-state index contributed by atoms with van der Waals surface area (Å²) in [7, 11) is 0. The lowest BCUT2D eigenvalue weighted by molar-refractivity contribution is 0.0947. The second-order valence-electron chi connectivity index (χ2n) is 3.57. The Morgan fingerprint density at radius 3 is 3.00 bits per heavy atom. The van der Waals surface area contributed by atoms with E-state index >= 15 is 0 Å². The Balaban J connectivity index is 1.96. The highest BCUT2D eigenvalue weighted by molar-refractivity contribution is 7.09. The van der Waals surface area contributed by atoms with Gasteiger partial charge in [0.25, 0.3) is 5.91 Å². The highest BCUT2D eigenvalue weighted by atomic mass is 32.1. The van der Waals surface area contributed by atoms with Crippen molar-refractivity contribution in [2.24, 2.45) is 0 Å². The molecule has 0 spiro atoms. The van der Waals surface area contributed by atoms with Crippen LogP contribution in [0, 0.1) is 5.82 Å². The number of benzene rings is 1. The fraction of sp³-hybridized carbons (Fsp3) is 0.167. The van der Waals surface area contributed by atoms with Gasteiger partial charge in [-0.3, -0.25) is 4.79 Å². The number of phenols is 1. The Bertz CT molecular complexity index is 523. The number of amides is 1. The van der Waals surface area contributed by atoms with Crippen LogP contribution in [-0.4, -0.2) is 22.5 Å². The zero-order chi connectivity index (χ0) is 13.0. The van der Waals surface area contributed by atoms with Gasteiger partial charge in [0.05, 0.1) is 5.01 Å². The average molecular weight is 266 g/mol. The third-order valence-corrected chi connectivity index (χ3v) is 3.17. The summed E-state index contributed by atoms with van der Waals surface area (Å²) in [6, 6.07) is 3.76. The number of rotatable bonds is 4. The fourth-order valence-corrected chi connectivity index (χ4v) is 2.11. The Hall–Kier alpha value is -1.95. The van der Waals surface area contributed by atoms with Gasteiger partial charge in [-0.15, -0.1) is 11.3 Å². The van der Waals surface area contributed by atoms with Crippen molar-refractivity contribution in [3.8, 4) is 5.75 Å². The quantitative estimate of drug-likeness (QED) is 0.889. The van der Waals surface area contributed by atoms with Gasteiger partial charge < -0.3 is 10.4 Å². The SMILES string of the molecule is O=C(NCCc1nccs1)c1c(O)cccc1F. The number of hydrogen-bond donors (Lipinski definition) is 2. The van der Waals surface area contributed by atoms with E-state index in [0.717, 1.165) is 11.1 Å². The van der Waals surface area contributed by atoms with Crippen molar-refractivity contribution in [1.82, 2.24) is 10.3 Å². The summed E-state index contributed by atoms with van der Waals surface area (Å²) >= 11 is 1.49. The summed E-state index contributed by atoms with van der Waals surface area (Å²) < 4.78 is 13.4. The summed E-state index contributed by atoms with van der Waals surface area (Å²) in [6.45, 7) is 0.347. The van der Waals surface area contributed by atoms with E-state index in [1.165, 1.54) is 23.5 Å². The first-order valence-electron chi connectivity index (χ1n) is 5.32. The van der Waals surface area contributed by atoms with Crippen molar-refractivity contribution in [3.05, 3.63) is 46.2 Å². The molecule has 94 valence electrons. The van der Waals surface area contributed by atoms with E-state index in [2.05, 4.69) is 10.3 Å². The van der Waals surface area contributed by atoms with Gasteiger partial charge in [0.1, 0.15) is 17.1 Å². The van der Waals surface area contributed by atoms with E-state index in [0.29, 0.717) is 13.0 Å². The van der Waals surface area contributed by atoms with Crippen LogP contribution in [0.25, 0.3) is 0 Å². The van der Waals surface area contributed by atoms with Crippen LogP contribution in [-0.2, 0) is 6.42 Å². The number of aromatic hydroxyl groups is 1. The predicted octanol–water partition coefficient (Wildman–Crippen LogP) is 1.96. The highest BCUT2D eigenvalue weighted by Crippen LogP contribution is 2.19. The topological polar surface area (TPSA) is 62.2 Å². The number of carbonyl (C=O) groups is 1. The van der Waals surface area contributed by atoms with E-state index in [1.807, 2.05) is 5.38 Å². The van der Waals surface area contributed by atoms with Gasteiger partial charge in [-0.25, -0.2) is 9.37 Å². The summed E-state index contributed by atoms with van der Waals surface area (Å²) in [5.74, 6) is -1.72. The zero-order valence-electron chi connectivity index (χ0n) is 9.39. The van der Waals surface area contributed by atoms with E-state index < -0.39 is 11.7 Å². The van der Waals surface area contributed by atoms with Crippen LogP contribution in [0.5, 0.6) is 5.75 Å². The number of phenolic OH excluding ortho intramolecular Hbond substituents is 1. The lowest BCUT2D eigenvalue weighted by atomic mass is 10.1. The van der Waals surface area contributed by atoms with Gasteiger partial charge in [-0.2, -0.15) is 0 Å². The van der Waals surface area contributed by atoms with Crippen LogP contribution >= 0.6 is 11.3 Å². The average Bonchev–Trinajstić information content (AvgIpc) is 2.82. The zero-order valence-corrected chi connectivity index (χ0v) is 10.2.